The van der Waals surface area contributed by atoms with E-state index < -0.39 is 0 Å². The zero-order valence-electron chi connectivity index (χ0n) is 17.1. The molecule has 0 spiro atoms. The fraction of sp³-hybridized carbons (Fsp3) is 0.227. The van der Waals surface area contributed by atoms with Gasteiger partial charge < -0.3 is 16.4 Å². The van der Waals surface area contributed by atoms with Gasteiger partial charge in [-0.3, -0.25) is 4.79 Å². The molecule has 4 rings (SSSR count). The second-order valence-corrected chi connectivity index (χ2v) is 6.94. The molecule has 0 atom stereocenters. The minimum Gasteiger partial charge on any atom is -0.382 e. The number of fused-ring (bicyclic) bond motifs is 1. The van der Waals surface area contributed by atoms with Gasteiger partial charge in [-0.05, 0) is 23.8 Å². The molecule has 0 saturated carbocycles. The molecule has 0 bridgehead atoms. The fourth-order valence-corrected chi connectivity index (χ4v) is 3.38. The number of halogens is 1. The monoisotopic (exact) mass is 436 g/mol. The van der Waals surface area contributed by atoms with E-state index in [0.717, 1.165) is 0 Å². The summed E-state index contributed by atoms with van der Waals surface area (Å²) in [6.45, 7) is 1.74. The van der Waals surface area contributed by atoms with Gasteiger partial charge >= 0.3 is 0 Å². The molecule has 3 heterocycles. The zero-order chi connectivity index (χ0) is 22.1. The van der Waals surface area contributed by atoms with Crippen molar-refractivity contribution >= 4 is 28.7 Å². The smallest absolute Gasteiger partial charge is 0.226 e. The number of nitrogen functional groups attached to an aromatic ring is 2. The van der Waals surface area contributed by atoms with Gasteiger partial charge in [-0.25, -0.2) is 23.9 Å². The Balaban J connectivity index is 0.00000289. The van der Waals surface area contributed by atoms with Crippen molar-refractivity contribution in [2.45, 2.75) is 27.2 Å². The average Bonchev–Trinajstić information content (AvgIpc) is 3.12. The summed E-state index contributed by atoms with van der Waals surface area (Å²) < 4.78 is 15.8. The van der Waals surface area contributed by atoms with Crippen LogP contribution in [0, 0.1) is 5.82 Å². The molecule has 10 heteroatoms. The van der Waals surface area contributed by atoms with Gasteiger partial charge in [0.25, 0.3) is 0 Å². The Labute approximate surface area is 184 Å². The first-order valence-corrected chi connectivity index (χ1v) is 9.66. The van der Waals surface area contributed by atoms with Crippen LogP contribution in [0.3, 0.4) is 0 Å². The van der Waals surface area contributed by atoms with Crippen LogP contribution < -0.4 is 16.4 Å². The van der Waals surface area contributed by atoms with E-state index in [2.05, 4.69) is 20.1 Å². The molecule has 0 radical (unpaired) electrons. The van der Waals surface area contributed by atoms with Crippen LogP contribution in [0.25, 0.3) is 17.0 Å². The van der Waals surface area contributed by atoms with E-state index in [-0.39, 0.29) is 55.1 Å². The van der Waals surface area contributed by atoms with Crippen LogP contribution in [0.4, 0.5) is 21.7 Å². The Morgan fingerprint density at radius 3 is 2.44 bits per heavy atom. The van der Waals surface area contributed by atoms with Crippen LogP contribution in [0.1, 0.15) is 32.2 Å². The van der Waals surface area contributed by atoms with Gasteiger partial charge in [0.1, 0.15) is 23.0 Å². The highest BCUT2D eigenvalue weighted by atomic mass is 19.1. The van der Waals surface area contributed by atoms with E-state index in [9.17, 15) is 9.18 Å². The molecule has 166 valence electrons. The molecule has 0 aliphatic carbocycles. The number of benzene rings is 1. The molecule has 0 unspecified atom stereocenters. The van der Waals surface area contributed by atoms with E-state index >= 15 is 0 Å². The van der Waals surface area contributed by atoms with Gasteiger partial charge in [0.15, 0.2) is 17.5 Å². The molecule has 3 aromatic heterocycles. The number of hydrogen-bond donors (Lipinski definition) is 2. The summed E-state index contributed by atoms with van der Waals surface area (Å²) in [7, 11) is 1.57. The number of aromatic nitrogens is 5. The number of imidazole rings is 1. The molecule has 0 aliphatic rings. The molecule has 0 saturated heterocycles. The van der Waals surface area contributed by atoms with Gasteiger partial charge in [0.2, 0.25) is 5.91 Å². The highest BCUT2D eigenvalue weighted by Gasteiger charge is 2.22. The summed E-state index contributed by atoms with van der Waals surface area (Å²) in [5.41, 5.74) is 14.0. The minimum atomic E-state index is -0.325. The van der Waals surface area contributed by atoms with Crippen LogP contribution in [0.5, 0.6) is 0 Å². The van der Waals surface area contributed by atoms with Crippen molar-refractivity contribution in [3.8, 4) is 11.5 Å². The molecule has 9 nitrogen and oxygen atoms in total. The number of nitrogens with two attached hydrogens (primary N) is 2. The number of hydrogen-bond acceptors (Lipinski definition) is 7. The number of anilines is 3. The second kappa shape index (κ2) is 8.96. The first-order chi connectivity index (χ1) is 14.9. The number of amides is 1. The van der Waals surface area contributed by atoms with Crippen LogP contribution >= 0.6 is 0 Å². The van der Waals surface area contributed by atoms with Crippen LogP contribution in [0.15, 0.2) is 42.6 Å². The predicted molar refractivity (Wildman–Crippen MR) is 122 cm³/mol. The van der Waals surface area contributed by atoms with Crippen molar-refractivity contribution in [2.75, 3.05) is 23.4 Å². The largest absolute Gasteiger partial charge is 0.382 e. The molecule has 0 aliphatic heterocycles. The SMILES string of the molecule is C.CCC(=O)N(C)c1c(N)nc(-c2nc(Cc3ccccc3F)n3ncccc23)nc1N. The Morgan fingerprint density at radius 1 is 1.09 bits per heavy atom. The molecule has 0 fully saturated rings. The third-order valence-electron chi connectivity index (χ3n) is 4.95. The number of rotatable bonds is 5. The highest BCUT2D eigenvalue weighted by Crippen LogP contribution is 2.31. The second-order valence-electron chi connectivity index (χ2n) is 6.94. The third-order valence-corrected chi connectivity index (χ3v) is 4.95. The summed E-state index contributed by atoms with van der Waals surface area (Å²) in [6, 6.07) is 10.0. The van der Waals surface area contributed by atoms with Crippen molar-refractivity contribution < 1.29 is 9.18 Å². The summed E-state index contributed by atoms with van der Waals surface area (Å²) in [5, 5.41) is 4.34. The first-order valence-electron chi connectivity index (χ1n) is 9.66. The summed E-state index contributed by atoms with van der Waals surface area (Å²) in [6.07, 6.45) is 2.12. The number of carbonyl (C=O) groups is 1. The molecule has 4 N–H and O–H groups in total. The lowest BCUT2D eigenvalue weighted by Gasteiger charge is -2.19. The van der Waals surface area contributed by atoms with E-state index in [4.69, 9.17) is 11.5 Å². The predicted octanol–water partition coefficient (Wildman–Crippen LogP) is 3.09. The van der Waals surface area contributed by atoms with Gasteiger partial charge in [-0.2, -0.15) is 5.10 Å². The Hall–Kier alpha value is -4.08. The number of carbonyl (C=O) groups excluding carboxylic acids is 1. The number of nitrogens with zero attached hydrogens (tertiary/aromatic N) is 6. The molecule has 32 heavy (non-hydrogen) atoms. The van der Waals surface area contributed by atoms with Gasteiger partial charge in [-0.15, -0.1) is 0 Å². The standard InChI is InChI=1S/C21H21FN8O.CH4/c1-3-16(31)29(2)18-19(23)27-21(28-20(18)24)17-14-9-6-10-25-30(14)15(26-17)11-12-7-4-5-8-13(12)22;/h4-10H,3,11H2,1-2H3,(H4,23,24,27,28);1H4. The summed E-state index contributed by atoms with van der Waals surface area (Å²) >= 11 is 0. The van der Waals surface area contributed by atoms with E-state index in [1.165, 1.54) is 11.0 Å². The van der Waals surface area contributed by atoms with Crippen LogP contribution in [-0.2, 0) is 11.2 Å². The minimum absolute atomic E-state index is 0. The van der Waals surface area contributed by atoms with Gasteiger partial charge in [-0.1, -0.05) is 32.5 Å². The Kier molecular flexibility index (Phi) is 6.33. The zero-order valence-corrected chi connectivity index (χ0v) is 17.1. The lowest BCUT2D eigenvalue weighted by Crippen LogP contribution is -2.27. The van der Waals surface area contributed by atoms with Crippen molar-refractivity contribution in [2.24, 2.45) is 0 Å². The van der Waals surface area contributed by atoms with Gasteiger partial charge in [0.05, 0.1) is 5.52 Å². The maximum Gasteiger partial charge on any atom is 0.226 e. The van der Waals surface area contributed by atoms with E-state index in [1.54, 1.807) is 55.0 Å². The quantitative estimate of drug-likeness (QED) is 0.492. The summed E-state index contributed by atoms with van der Waals surface area (Å²) in [4.78, 5) is 26.7. The third kappa shape index (κ3) is 3.94. The van der Waals surface area contributed by atoms with E-state index in [1.807, 2.05) is 0 Å². The topological polar surface area (TPSA) is 128 Å². The van der Waals surface area contributed by atoms with Crippen molar-refractivity contribution in [3.63, 3.8) is 0 Å². The molecule has 1 aromatic carbocycles. The maximum atomic E-state index is 14.2. The van der Waals surface area contributed by atoms with Crippen LogP contribution in [-0.4, -0.2) is 37.5 Å². The van der Waals surface area contributed by atoms with Crippen molar-refractivity contribution in [3.05, 3.63) is 59.8 Å². The highest BCUT2D eigenvalue weighted by molar-refractivity contribution is 5.98. The van der Waals surface area contributed by atoms with Crippen LogP contribution in [0.2, 0.25) is 0 Å². The lowest BCUT2D eigenvalue weighted by atomic mass is 10.1. The Morgan fingerprint density at radius 2 is 1.78 bits per heavy atom. The normalized spacial score (nSPS) is 10.7. The van der Waals surface area contributed by atoms with E-state index in [0.29, 0.717) is 22.6 Å². The average molecular weight is 436 g/mol. The molecule has 4 aromatic rings. The molecular formula is C22H25FN8O. The molecule has 1 amide bonds. The lowest BCUT2D eigenvalue weighted by molar-refractivity contribution is -0.118. The molecular weight excluding hydrogens is 411 g/mol. The fourth-order valence-electron chi connectivity index (χ4n) is 3.38. The summed E-state index contributed by atoms with van der Waals surface area (Å²) in [5.74, 6) is 0.341. The Bertz CT molecular complexity index is 1260. The first kappa shape index (κ1) is 22.6. The maximum absolute atomic E-state index is 14.2. The van der Waals surface area contributed by atoms with Crippen molar-refractivity contribution in [1.82, 2.24) is 24.6 Å². The van der Waals surface area contributed by atoms with Crippen molar-refractivity contribution in [1.29, 1.82) is 0 Å². The van der Waals surface area contributed by atoms with Gasteiger partial charge in [0, 0.05) is 26.1 Å².